The maximum absolute atomic E-state index is 12.2. The minimum Gasteiger partial charge on any atom is -0.322 e. The van der Waals surface area contributed by atoms with Gasteiger partial charge in [-0.05, 0) is 41.7 Å². The highest BCUT2D eigenvalue weighted by molar-refractivity contribution is 6.32. The van der Waals surface area contributed by atoms with Crippen LogP contribution in [0.5, 0.6) is 0 Å². The standard InChI is InChI=1S/C19H19ClN2O3/c1-3-13(2)15-6-4-5-7-17(15)21-19(23)11-9-14-8-10-16(20)18(12-14)22(24)25/h4-13H,3H2,1-2H3,(H,21,23)/b11-9+/t13-/m0/s1. The second-order valence-corrected chi connectivity index (χ2v) is 6.09. The number of nitrogens with zero attached hydrogens (tertiary/aromatic N) is 1. The van der Waals surface area contributed by atoms with Crippen molar-refractivity contribution in [1.29, 1.82) is 0 Å². The van der Waals surface area contributed by atoms with Crippen molar-refractivity contribution in [2.75, 3.05) is 5.32 Å². The first-order chi connectivity index (χ1) is 11.9. The fraction of sp³-hybridized carbons (Fsp3) is 0.211. The molecule has 130 valence electrons. The lowest BCUT2D eigenvalue weighted by Crippen LogP contribution is -2.10. The highest BCUT2D eigenvalue weighted by atomic mass is 35.5. The molecule has 0 unspecified atom stereocenters. The number of nitrogens with one attached hydrogen (secondary N) is 1. The Kier molecular flexibility index (Phi) is 6.31. The molecule has 0 aliphatic carbocycles. The molecule has 6 heteroatoms. The van der Waals surface area contributed by atoms with Gasteiger partial charge in [0, 0.05) is 17.8 Å². The summed E-state index contributed by atoms with van der Waals surface area (Å²) in [6.45, 7) is 4.20. The molecule has 1 N–H and O–H groups in total. The van der Waals surface area contributed by atoms with E-state index in [1.807, 2.05) is 24.3 Å². The van der Waals surface area contributed by atoms with E-state index in [0.717, 1.165) is 17.7 Å². The van der Waals surface area contributed by atoms with E-state index < -0.39 is 4.92 Å². The van der Waals surface area contributed by atoms with Gasteiger partial charge in [0.05, 0.1) is 4.92 Å². The van der Waals surface area contributed by atoms with E-state index in [2.05, 4.69) is 19.2 Å². The number of amides is 1. The van der Waals surface area contributed by atoms with Gasteiger partial charge in [-0.2, -0.15) is 0 Å². The number of nitro benzene ring substituents is 1. The summed E-state index contributed by atoms with van der Waals surface area (Å²) in [4.78, 5) is 22.5. The lowest BCUT2D eigenvalue weighted by Gasteiger charge is -2.14. The Morgan fingerprint density at radius 1 is 1.32 bits per heavy atom. The summed E-state index contributed by atoms with van der Waals surface area (Å²) in [5.41, 5.74) is 2.19. The van der Waals surface area contributed by atoms with Crippen molar-refractivity contribution < 1.29 is 9.72 Å². The number of hydrogen-bond acceptors (Lipinski definition) is 3. The molecule has 0 saturated heterocycles. The number of nitro groups is 1. The van der Waals surface area contributed by atoms with E-state index in [9.17, 15) is 14.9 Å². The third-order valence-electron chi connectivity index (χ3n) is 3.96. The second kappa shape index (κ2) is 8.44. The van der Waals surface area contributed by atoms with Gasteiger partial charge in [0.25, 0.3) is 5.69 Å². The highest BCUT2D eigenvalue weighted by Gasteiger charge is 2.12. The van der Waals surface area contributed by atoms with Crippen LogP contribution in [0.1, 0.15) is 37.3 Å². The molecule has 0 aliphatic rings. The van der Waals surface area contributed by atoms with Crippen molar-refractivity contribution in [3.63, 3.8) is 0 Å². The van der Waals surface area contributed by atoms with Crippen LogP contribution in [0.4, 0.5) is 11.4 Å². The predicted octanol–water partition coefficient (Wildman–Crippen LogP) is 5.41. The van der Waals surface area contributed by atoms with Crippen molar-refractivity contribution in [1.82, 2.24) is 0 Å². The van der Waals surface area contributed by atoms with Gasteiger partial charge in [-0.3, -0.25) is 14.9 Å². The number of para-hydroxylation sites is 1. The minimum atomic E-state index is -0.553. The maximum atomic E-state index is 12.2. The van der Waals surface area contributed by atoms with Gasteiger partial charge >= 0.3 is 0 Å². The number of carbonyl (C=O) groups is 1. The fourth-order valence-electron chi connectivity index (χ4n) is 2.38. The largest absolute Gasteiger partial charge is 0.322 e. The average molecular weight is 359 g/mol. The molecule has 2 aromatic rings. The molecule has 0 saturated carbocycles. The predicted molar refractivity (Wildman–Crippen MR) is 101 cm³/mol. The minimum absolute atomic E-state index is 0.0640. The van der Waals surface area contributed by atoms with Crippen molar-refractivity contribution in [3.05, 3.63) is 74.8 Å². The molecule has 0 aromatic heterocycles. The van der Waals surface area contributed by atoms with Crippen molar-refractivity contribution in [3.8, 4) is 0 Å². The Morgan fingerprint density at radius 3 is 2.72 bits per heavy atom. The molecule has 5 nitrogen and oxygen atoms in total. The number of carbonyl (C=O) groups excluding carboxylic acids is 1. The number of benzene rings is 2. The molecule has 0 radical (unpaired) electrons. The van der Waals surface area contributed by atoms with E-state index in [1.165, 1.54) is 24.3 Å². The topological polar surface area (TPSA) is 72.2 Å². The molecule has 0 heterocycles. The number of rotatable bonds is 6. The zero-order valence-electron chi connectivity index (χ0n) is 14.0. The maximum Gasteiger partial charge on any atom is 0.288 e. The van der Waals surface area contributed by atoms with Gasteiger partial charge in [0.1, 0.15) is 5.02 Å². The molecular formula is C19H19ClN2O3. The molecule has 0 bridgehead atoms. The summed E-state index contributed by atoms with van der Waals surface area (Å²) < 4.78 is 0. The van der Waals surface area contributed by atoms with Crippen LogP contribution in [-0.2, 0) is 4.79 Å². The third kappa shape index (κ3) is 4.90. The number of halogens is 1. The first-order valence-corrected chi connectivity index (χ1v) is 8.32. The highest BCUT2D eigenvalue weighted by Crippen LogP contribution is 2.27. The summed E-state index contributed by atoms with van der Waals surface area (Å²) in [6, 6.07) is 12.1. The summed E-state index contributed by atoms with van der Waals surface area (Å²) in [5, 5.41) is 13.8. The smallest absolute Gasteiger partial charge is 0.288 e. The van der Waals surface area contributed by atoms with E-state index in [4.69, 9.17) is 11.6 Å². The van der Waals surface area contributed by atoms with Gasteiger partial charge in [0.15, 0.2) is 0 Å². The first kappa shape index (κ1) is 18.7. The lowest BCUT2D eigenvalue weighted by molar-refractivity contribution is -0.384. The molecule has 0 aliphatic heterocycles. The van der Waals surface area contributed by atoms with Crippen molar-refractivity contribution in [2.45, 2.75) is 26.2 Å². The Balaban J connectivity index is 2.15. The first-order valence-electron chi connectivity index (χ1n) is 7.94. The van der Waals surface area contributed by atoms with Crippen molar-refractivity contribution >= 4 is 35.0 Å². The van der Waals surface area contributed by atoms with Crippen LogP contribution in [0.25, 0.3) is 6.08 Å². The molecule has 25 heavy (non-hydrogen) atoms. The van der Waals surface area contributed by atoms with Gasteiger partial charge in [-0.25, -0.2) is 0 Å². The Labute approximate surface area is 151 Å². The van der Waals surface area contributed by atoms with Gasteiger partial charge in [-0.1, -0.05) is 49.7 Å². The SMILES string of the molecule is CC[C@H](C)c1ccccc1NC(=O)/C=C/c1ccc(Cl)c([N+](=O)[O-])c1. The van der Waals surface area contributed by atoms with Gasteiger partial charge in [-0.15, -0.1) is 0 Å². The molecule has 0 fully saturated rings. The summed E-state index contributed by atoms with van der Waals surface area (Å²) >= 11 is 5.78. The van der Waals surface area contributed by atoms with Crippen LogP contribution in [-0.4, -0.2) is 10.8 Å². The van der Waals surface area contributed by atoms with Gasteiger partial charge in [0.2, 0.25) is 5.91 Å². The van der Waals surface area contributed by atoms with Crippen LogP contribution in [0, 0.1) is 10.1 Å². The molecule has 0 spiro atoms. The Bertz CT molecular complexity index is 818. The normalized spacial score (nSPS) is 12.1. The monoisotopic (exact) mass is 358 g/mol. The summed E-state index contributed by atoms with van der Waals surface area (Å²) in [6.07, 6.45) is 3.84. The summed E-state index contributed by atoms with van der Waals surface area (Å²) in [7, 11) is 0. The van der Waals surface area contributed by atoms with Crippen LogP contribution in [0.3, 0.4) is 0 Å². The van der Waals surface area contributed by atoms with E-state index >= 15 is 0 Å². The number of hydrogen-bond donors (Lipinski definition) is 1. The van der Waals surface area contributed by atoms with Crippen molar-refractivity contribution in [2.24, 2.45) is 0 Å². The fourth-order valence-corrected chi connectivity index (χ4v) is 2.57. The second-order valence-electron chi connectivity index (χ2n) is 5.69. The zero-order valence-corrected chi connectivity index (χ0v) is 14.8. The van der Waals surface area contributed by atoms with Crippen LogP contribution in [0.15, 0.2) is 48.5 Å². The van der Waals surface area contributed by atoms with Gasteiger partial charge < -0.3 is 5.32 Å². The molecular weight excluding hydrogens is 340 g/mol. The van der Waals surface area contributed by atoms with Crippen LogP contribution < -0.4 is 5.32 Å². The van der Waals surface area contributed by atoms with Crippen LogP contribution >= 0.6 is 11.6 Å². The van der Waals surface area contributed by atoms with Crippen LogP contribution in [0.2, 0.25) is 5.02 Å². The molecule has 2 aromatic carbocycles. The Morgan fingerprint density at radius 2 is 2.04 bits per heavy atom. The number of anilines is 1. The van der Waals surface area contributed by atoms with E-state index in [1.54, 1.807) is 6.07 Å². The van der Waals surface area contributed by atoms with E-state index in [-0.39, 0.29) is 16.6 Å². The quantitative estimate of drug-likeness (QED) is 0.426. The lowest BCUT2D eigenvalue weighted by atomic mass is 9.97. The summed E-state index contributed by atoms with van der Waals surface area (Å²) in [5.74, 6) is 0.0350. The zero-order chi connectivity index (χ0) is 18.4. The molecule has 1 amide bonds. The average Bonchev–Trinajstić information content (AvgIpc) is 2.60. The molecule has 2 rings (SSSR count). The Hall–Kier alpha value is -2.66. The van der Waals surface area contributed by atoms with E-state index in [0.29, 0.717) is 11.5 Å². The molecule has 1 atom stereocenters. The third-order valence-corrected chi connectivity index (χ3v) is 4.28.